The Labute approximate surface area is 102 Å². The van der Waals surface area contributed by atoms with Crippen molar-refractivity contribution < 1.29 is 0 Å². The molecule has 1 aromatic heterocycles. The SMILES string of the molecule is Cc1nc(CN2CC(C)(C)NCC2C)cs1. The molecule has 1 N–H and O–H groups in total. The molecule has 1 fully saturated rings. The second kappa shape index (κ2) is 4.43. The number of hydrogen-bond acceptors (Lipinski definition) is 4. The Morgan fingerprint density at radius 1 is 1.62 bits per heavy atom. The zero-order valence-corrected chi connectivity index (χ0v) is 11.4. The number of aromatic nitrogens is 1. The normalized spacial score (nSPS) is 25.9. The van der Waals surface area contributed by atoms with Crippen LogP contribution in [0.5, 0.6) is 0 Å². The van der Waals surface area contributed by atoms with E-state index in [0.29, 0.717) is 6.04 Å². The molecule has 0 amide bonds. The van der Waals surface area contributed by atoms with Crippen LogP contribution in [-0.2, 0) is 6.54 Å². The molecule has 0 bridgehead atoms. The monoisotopic (exact) mass is 239 g/mol. The number of rotatable bonds is 2. The van der Waals surface area contributed by atoms with Gasteiger partial charge in [0.05, 0.1) is 10.7 Å². The Balaban J connectivity index is 2.02. The number of aryl methyl sites for hydroxylation is 1. The summed E-state index contributed by atoms with van der Waals surface area (Å²) in [5.41, 5.74) is 1.43. The fourth-order valence-corrected chi connectivity index (χ4v) is 2.78. The maximum absolute atomic E-state index is 4.54. The first kappa shape index (κ1) is 12.0. The summed E-state index contributed by atoms with van der Waals surface area (Å²) in [4.78, 5) is 7.06. The maximum atomic E-state index is 4.54. The van der Waals surface area contributed by atoms with E-state index in [0.717, 1.165) is 24.6 Å². The second-order valence-electron chi connectivity index (χ2n) is 5.38. The molecule has 1 aromatic rings. The number of thiazole rings is 1. The van der Waals surface area contributed by atoms with Crippen molar-refractivity contribution in [3.63, 3.8) is 0 Å². The van der Waals surface area contributed by atoms with Gasteiger partial charge in [-0.15, -0.1) is 11.3 Å². The molecule has 4 heteroatoms. The standard InChI is InChI=1S/C12H21N3S/c1-9-5-13-12(3,4)8-15(9)6-11-7-16-10(2)14-11/h7,9,13H,5-6,8H2,1-4H3. The smallest absolute Gasteiger partial charge is 0.0897 e. The van der Waals surface area contributed by atoms with E-state index in [1.807, 2.05) is 0 Å². The molecule has 2 heterocycles. The van der Waals surface area contributed by atoms with Crippen LogP contribution in [0.15, 0.2) is 5.38 Å². The third-order valence-electron chi connectivity index (χ3n) is 3.13. The Hall–Kier alpha value is -0.450. The van der Waals surface area contributed by atoms with Crippen molar-refractivity contribution in [3.8, 4) is 0 Å². The lowest BCUT2D eigenvalue weighted by molar-refractivity contribution is 0.0967. The molecule has 1 aliphatic rings. The maximum Gasteiger partial charge on any atom is 0.0897 e. The first-order valence-corrected chi connectivity index (χ1v) is 6.74. The first-order chi connectivity index (χ1) is 7.46. The Morgan fingerprint density at radius 3 is 3.00 bits per heavy atom. The van der Waals surface area contributed by atoms with E-state index in [4.69, 9.17) is 0 Å². The van der Waals surface area contributed by atoms with Crippen molar-refractivity contribution in [2.45, 2.75) is 45.8 Å². The molecule has 1 unspecified atom stereocenters. The molecule has 0 saturated carbocycles. The molecule has 90 valence electrons. The first-order valence-electron chi connectivity index (χ1n) is 5.86. The number of hydrogen-bond donors (Lipinski definition) is 1. The highest BCUT2D eigenvalue weighted by Crippen LogP contribution is 2.18. The molecular weight excluding hydrogens is 218 g/mol. The summed E-state index contributed by atoms with van der Waals surface area (Å²) in [5, 5.41) is 6.91. The molecule has 3 nitrogen and oxygen atoms in total. The van der Waals surface area contributed by atoms with Gasteiger partial charge in [-0.1, -0.05) is 0 Å². The average Bonchev–Trinajstić information content (AvgIpc) is 2.58. The Bertz CT molecular complexity index is 359. The molecule has 0 spiro atoms. The molecule has 1 atom stereocenters. The molecule has 0 radical (unpaired) electrons. The predicted octanol–water partition coefficient (Wildman–Crippen LogP) is 2.02. The fourth-order valence-electron chi connectivity index (χ4n) is 2.17. The van der Waals surface area contributed by atoms with Crippen LogP contribution in [0.25, 0.3) is 0 Å². The van der Waals surface area contributed by atoms with Gasteiger partial charge in [0.15, 0.2) is 0 Å². The lowest BCUT2D eigenvalue weighted by Crippen LogP contribution is -2.60. The molecule has 0 aliphatic carbocycles. The van der Waals surface area contributed by atoms with E-state index in [1.165, 1.54) is 5.69 Å². The van der Waals surface area contributed by atoms with E-state index in [-0.39, 0.29) is 5.54 Å². The van der Waals surface area contributed by atoms with Crippen LogP contribution in [0.2, 0.25) is 0 Å². The minimum Gasteiger partial charge on any atom is -0.309 e. The summed E-state index contributed by atoms with van der Waals surface area (Å²) in [7, 11) is 0. The van der Waals surface area contributed by atoms with Crippen LogP contribution in [0.4, 0.5) is 0 Å². The Morgan fingerprint density at radius 2 is 2.38 bits per heavy atom. The molecule has 2 rings (SSSR count). The topological polar surface area (TPSA) is 28.2 Å². The highest BCUT2D eigenvalue weighted by Gasteiger charge is 2.30. The third-order valence-corrected chi connectivity index (χ3v) is 3.95. The number of piperazine rings is 1. The number of nitrogens with one attached hydrogen (secondary N) is 1. The third kappa shape index (κ3) is 2.81. The van der Waals surface area contributed by atoms with Gasteiger partial charge >= 0.3 is 0 Å². The Kier molecular flexibility index (Phi) is 3.33. The van der Waals surface area contributed by atoms with Crippen LogP contribution in [0.3, 0.4) is 0 Å². The molecule has 1 aliphatic heterocycles. The van der Waals surface area contributed by atoms with Gasteiger partial charge in [0.1, 0.15) is 0 Å². The van der Waals surface area contributed by atoms with Crippen molar-refractivity contribution in [1.29, 1.82) is 0 Å². The van der Waals surface area contributed by atoms with Gasteiger partial charge in [-0.25, -0.2) is 4.98 Å². The highest BCUT2D eigenvalue weighted by atomic mass is 32.1. The quantitative estimate of drug-likeness (QED) is 0.856. The van der Waals surface area contributed by atoms with Crippen molar-refractivity contribution in [2.24, 2.45) is 0 Å². The molecule has 1 saturated heterocycles. The molecular formula is C12H21N3S. The van der Waals surface area contributed by atoms with Gasteiger partial charge in [0, 0.05) is 36.6 Å². The van der Waals surface area contributed by atoms with Gasteiger partial charge in [-0.2, -0.15) is 0 Å². The fraction of sp³-hybridized carbons (Fsp3) is 0.750. The van der Waals surface area contributed by atoms with Gasteiger partial charge in [0.2, 0.25) is 0 Å². The lowest BCUT2D eigenvalue weighted by Gasteiger charge is -2.43. The largest absolute Gasteiger partial charge is 0.309 e. The van der Waals surface area contributed by atoms with Crippen LogP contribution >= 0.6 is 11.3 Å². The van der Waals surface area contributed by atoms with Crippen molar-refractivity contribution in [1.82, 2.24) is 15.2 Å². The second-order valence-corrected chi connectivity index (χ2v) is 6.44. The average molecular weight is 239 g/mol. The zero-order chi connectivity index (χ0) is 11.8. The summed E-state index contributed by atoms with van der Waals surface area (Å²) in [5.74, 6) is 0. The molecule has 0 aromatic carbocycles. The number of nitrogens with zero attached hydrogens (tertiary/aromatic N) is 2. The van der Waals surface area contributed by atoms with Crippen LogP contribution in [-0.4, -0.2) is 34.6 Å². The highest BCUT2D eigenvalue weighted by molar-refractivity contribution is 7.09. The van der Waals surface area contributed by atoms with Crippen molar-refractivity contribution in [3.05, 3.63) is 16.1 Å². The lowest BCUT2D eigenvalue weighted by atomic mass is 9.99. The minimum absolute atomic E-state index is 0.220. The van der Waals surface area contributed by atoms with Crippen molar-refractivity contribution >= 4 is 11.3 Å². The summed E-state index contributed by atoms with van der Waals surface area (Å²) in [6.07, 6.45) is 0. The summed E-state index contributed by atoms with van der Waals surface area (Å²) >= 11 is 1.74. The van der Waals surface area contributed by atoms with Crippen molar-refractivity contribution in [2.75, 3.05) is 13.1 Å². The van der Waals surface area contributed by atoms with Gasteiger partial charge in [-0.3, -0.25) is 4.90 Å². The van der Waals surface area contributed by atoms with E-state index >= 15 is 0 Å². The van der Waals surface area contributed by atoms with E-state index in [2.05, 4.69) is 48.3 Å². The zero-order valence-electron chi connectivity index (χ0n) is 10.6. The van der Waals surface area contributed by atoms with E-state index < -0.39 is 0 Å². The van der Waals surface area contributed by atoms with Crippen LogP contribution < -0.4 is 5.32 Å². The van der Waals surface area contributed by atoms with Crippen LogP contribution in [0.1, 0.15) is 31.5 Å². The summed E-state index contributed by atoms with van der Waals surface area (Å²) in [6, 6.07) is 0.593. The van der Waals surface area contributed by atoms with Gasteiger partial charge < -0.3 is 5.32 Å². The summed E-state index contributed by atoms with van der Waals surface area (Å²) < 4.78 is 0. The van der Waals surface area contributed by atoms with Crippen LogP contribution in [0, 0.1) is 6.92 Å². The van der Waals surface area contributed by atoms with E-state index in [1.54, 1.807) is 11.3 Å². The van der Waals surface area contributed by atoms with E-state index in [9.17, 15) is 0 Å². The van der Waals surface area contributed by atoms with Gasteiger partial charge in [0.25, 0.3) is 0 Å². The summed E-state index contributed by atoms with van der Waals surface area (Å²) in [6.45, 7) is 12.0. The minimum atomic E-state index is 0.220. The predicted molar refractivity (Wildman–Crippen MR) is 68.8 cm³/mol. The van der Waals surface area contributed by atoms with Gasteiger partial charge in [-0.05, 0) is 27.7 Å². The molecule has 16 heavy (non-hydrogen) atoms.